The molecular formula is C11H18N2OS. The Balaban J connectivity index is 2.00. The highest BCUT2D eigenvalue weighted by Crippen LogP contribution is 2.25. The second-order valence-electron chi connectivity index (χ2n) is 4.51. The van der Waals surface area contributed by atoms with Crippen LogP contribution in [0, 0.1) is 6.92 Å². The van der Waals surface area contributed by atoms with Crippen molar-refractivity contribution >= 4 is 11.3 Å². The van der Waals surface area contributed by atoms with E-state index in [4.69, 9.17) is 4.74 Å². The minimum absolute atomic E-state index is 0.136. The van der Waals surface area contributed by atoms with Gasteiger partial charge >= 0.3 is 0 Å². The van der Waals surface area contributed by atoms with Crippen LogP contribution in [0.15, 0.2) is 6.20 Å². The zero-order chi connectivity index (χ0) is 10.9. The summed E-state index contributed by atoms with van der Waals surface area (Å²) in [5, 5.41) is 4.76. The van der Waals surface area contributed by atoms with Gasteiger partial charge in [0.1, 0.15) is 0 Å². The number of hydrogen-bond donors (Lipinski definition) is 1. The van der Waals surface area contributed by atoms with Gasteiger partial charge in [0.15, 0.2) is 0 Å². The van der Waals surface area contributed by atoms with Crippen LogP contribution >= 0.6 is 11.3 Å². The lowest BCUT2D eigenvalue weighted by atomic mass is 10.0. The summed E-state index contributed by atoms with van der Waals surface area (Å²) in [4.78, 5) is 5.59. The molecule has 1 aliphatic heterocycles. The van der Waals surface area contributed by atoms with Crippen molar-refractivity contribution in [1.29, 1.82) is 0 Å². The van der Waals surface area contributed by atoms with Gasteiger partial charge in [-0.3, -0.25) is 0 Å². The van der Waals surface area contributed by atoms with Crippen LogP contribution in [0.25, 0.3) is 0 Å². The highest BCUT2D eigenvalue weighted by atomic mass is 32.1. The molecular weight excluding hydrogens is 208 g/mol. The van der Waals surface area contributed by atoms with Crippen molar-refractivity contribution in [2.24, 2.45) is 0 Å². The summed E-state index contributed by atoms with van der Waals surface area (Å²) in [5.41, 5.74) is 0.136. The molecule has 1 aromatic rings. The first kappa shape index (κ1) is 11.0. The van der Waals surface area contributed by atoms with E-state index in [1.165, 1.54) is 4.88 Å². The van der Waals surface area contributed by atoms with E-state index in [1.807, 2.05) is 13.1 Å². The predicted molar refractivity (Wildman–Crippen MR) is 62.2 cm³/mol. The Morgan fingerprint density at radius 3 is 3.00 bits per heavy atom. The molecule has 3 nitrogen and oxygen atoms in total. The Kier molecular flexibility index (Phi) is 3.09. The lowest BCUT2D eigenvalue weighted by Gasteiger charge is -2.27. The standard InChI is InChI=1S/C11H18N2OS/c1-8(10-6-12-9(2)15-10)13-11(3)4-5-14-7-11/h6,8,13H,4-5,7H2,1-3H3. The fraction of sp³-hybridized carbons (Fsp3) is 0.727. The summed E-state index contributed by atoms with van der Waals surface area (Å²) in [6, 6.07) is 0.364. The Labute approximate surface area is 94.9 Å². The molecule has 1 fully saturated rings. The van der Waals surface area contributed by atoms with Crippen LogP contribution in [0.1, 0.15) is 36.2 Å². The Morgan fingerprint density at radius 1 is 1.67 bits per heavy atom. The molecule has 84 valence electrons. The molecule has 0 radical (unpaired) electrons. The van der Waals surface area contributed by atoms with Crippen LogP contribution in [-0.2, 0) is 4.74 Å². The van der Waals surface area contributed by atoms with Crippen molar-refractivity contribution in [2.75, 3.05) is 13.2 Å². The second-order valence-corrected chi connectivity index (χ2v) is 5.78. The minimum atomic E-state index is 0.136. The predicted octanol–water partition coefficient (Wildman–Crippen LogP) is 2.28. The lowest BCUT2D eigenvalue weighted by Crippen LogP contribution is -2.43. The third kappa shape index (κ3) is 2.56. The van der Waals surface area contributed by atoms with Crippen LogP contribution < -0.4 is 5.32 Å². The number of aryl methyl sites for hydroxylation is 1. The Morgan fingerprint density at radius 2 is 2.47 bits per heavy atom. The maximum atomic E-state index is 5.43. The van der Waals surface area contributed by atoms with Gasteiger partial charge in [-0.2, -0.15) is 0 Å². The molecule has 4 heteroatoms. The van der Waals surface area contributed by atoms with E-state index < -0.39 is 0 Å². The number of aromatic nitrogens is 1. The number of rotatable bonds is 3. The van der Waals surface area contributed by atoms with Gasteiger partial charge in [-0.1, -0.05) is 0 Å². The fourth-order valence-electron chi connectivity index (χ4n) is 1.95. The van der Waals surface area contributed by atoms with Gasteiger partial charge < -0.3 is 10.1 Å². The third-order valence-corrected chi connectivity index (χ3v) is 3.95. The summed E-state index contributed by atoms with van der Waals surface area (Å²) < 4.78 is 5.43. The van der Waals surface area contributed by atoms with E-state index in [0.717, 1.165) is 24.6 Å². The Bertz CT molecular complexity index is 331. The smallest absolute Gasteiger partial charge is 0.0897 e. The van der Waals surface area contributed by atoms with Gasteiger partial charge in [0.05, 0.1) is 11.6 Å². The van der Waals surface area contributed by atoms with E-state index in [-0.39, 0.29) is 5.54 Å². The number of nitrogens with zero attached hydrogens (tertiary/aromatic N) is 1. The number of hydrogen-bond acceptors (Lipinski definition) is 4. The zero-order valence-corrected chi connectivity index (χ0v) is 10.4. The van der Waals surface area contributed by atoms with Gasteiger partial charge in [-0.05, 0) is 27.2 Å². The summed E-state index contributed by atoms with van der Waals surface area (Å²) in [6.45, 7) is 8.15. The van der Waals surface area contributed by atoms with Crippen LogP contribution in [0.2, 0.25) is 0 Å². The summed E-state index contributed by atoms with van der Waals surface area (Å²) in [5.74, 6) is 0. The van der Waals surface area contributed by atoms with Crippen LogP contribution in [0.4, 0.5) is 0 Å². The van der Waals surface area contributed by atoms with Crippen molar-refractivity contribution in [1.82, 2.24) is 10.3 Å². The van der Waals surface area contributed by atoms with Crippen LogP contribution in [0.3, 0.4) is 0 Å². The van der Waals surface area contributed by atoms with E-state index in [0.29, 0.717) is 6.04 Å². The third-order valence-electron chi connectivity index (χ3n) is 2.85. The van der Waals surface area contributed by atoms with E-state index in [9.17, 15) is 0 Å². The molecule has 1 N–H and O–H groups in total. The maximum absolute atomic E-state index is 5.43. The zero-order valence-electron chi connectivity index (χ0n) is 9.54. The molecule has 1 aromatic heterocycles. The van der Waals surface area contributed by atoms with Crippen molar-refractivity contribution in [3.8, 4) is 0 Å². The van der Waals surface area contributed by atoms with E-state index >= 15 is 0 Å². The lowest BCUT2D eigenvalue weighted by molar-refractivity contribution is 0.168. The Hall–Kier alpha value is -0.450. The largest absolute Gasteiger partial charge is 0.379 e. The molecule has 2 atom stereocenters. The van der Waals surface area contributed by atoms with Crippen molar-refractivity contribution in [2.45, 2.75) is 38.8 Å². The van der Waals surface area contributed by atoms with Crippen LogP contribution in [0.5, 0.6) is 0 Å². The fourth-order valence-corrected chi connectivity index (χ4v) is 2.74. The molecule has 2 rings (SSSR count). The quantitative estimate of drug-likeness (QED) is 0.858. The number of ether oxygens (including phenoxy) is 1. The van der Waals surface area contributed by atoms with Gasteiger partial charge in [0.25, 0.3) is 0 Å². The first-order valence-corrected chi connectivity index (χ1v) is 6.18. The van der Waals surface area contributed by atoms with Gasteiger partial charge in [0, 0.05) is 29.3 Å². The van der Waals surface area contributed by atoms with Gasteiger partial charge in [-0.15, -0.1) is 11.3 Å². The average molecular weight is 226 g/mol. The summed E-state index contributed by atoms with van der Waals surface area (Å²) >= 11 is 1.76. The normalized spacial score (nSPS) is 28.2. The van der Waals surface area contributed by atoms with Gasteiger partial charge in [0.2, 0.25) is 0 Å². The maximum Gasteiger partial charge on any atom is 0.0897 e. The summed E-state index contributed by atoms with van der Waals surface area (Å²) in [7, 11) is 0. The van der Waals surface area contributed by atoms with Crippen LogP contribution in [-0.4, -0.2) is 23.7 Å². The summed E-state index contributed by atoms with van der Waals surface area (Å²) in [6.07, 6.45) is 3.06. The average Bonchev–Trinajstić information content (AvgIpc) is 2.75. The highest BCUT2D eigenvalue weighted by Gasteiger charge is 2.31. The molecule has 0 aromatic carbocycles. The van der Waals surface area contributed by atoms with Gasteiger partial charge in [-0.25, -0.2) is 4.98 Å². The molecule has 2 unspecified atom stereocenters. The molecule has 0 saturated carbocycles. The molecule has 15 heavy (non-hydrogen) atoms. The number of thiazole rings is 1. The monoisotopic (exact) mass is 226 g/mol. The van der Waals surface area contributed by atoms with E-state index in [2.05, 4.69) is 24.1 Å². The molecule has 0 bridgehead atoms. The topological polar surface area (TPSA) is 34.2 Å². The molecule has 1 saturated heterocycles. The molecule has 2 heterocycles. The van der Waals surface area contributed by atoms with Crippen molar-refractivity contribution in [3.05, 3.63) is 16.1 Å². The first-order valence-electron chi connectivity index (χ1n) is 5.37. The first-order chi connectivity index (χ1) is 7.09. The van der Waals surface area contributed by atoms with E-state index in [1.54, 1.807) is 11.3 Å². The minimum Gasteiger partial charge on any atom is -0.379 e. The molecule has 1 aliphatic rings. The molecule has 0 spiro atoms. The molecule has 0 amide bonds. The SMILES string of the molecule is Cc1ncc(C(C)NC2(C)CCOC2)s1. The van der Waals surface area contributed by atoms with Crippen molar-refractivity contribution < 1.29 is 4.74 Å². The number of nitrogens with one attached hydrogen (secondary N) is 1. The second kappa shape index (κ2) is 4.20. The highest BCUT2D eigenvalue weighted by molar-refractivity contribution is 7.11. The van der Waals surface area contributed by atoms with Crippen molar-refractivity contribution in [3.63, 3.8) is 0 Å². The molecule has 0 aliphatic carbocycles.